The van der Waals surface area contributed by atoms with Crippen LogP contribution in [0.4, 0.5) is 5.69 Å². The minimum absolute atomic E-state index is 0.150. The molecular weight excluding hydrogens is 276 g/mol. The zero-order valence-corrected chi connectivity index (χ0v) is 14.2. The number of carbonyl (C=O) groups is 1. The summed E-state index contributed by atoms with van der Waals surface area (Å²) in [6.07, 6.45) is 0.150. The Bertz CT molecular complexity index is 518. The smallest absolute Gasteiger partial charge is 0.304 e. The van der Waals surface area contributed by atoms with Crippen molar-refractivity contribution in [3.05, 3.63) is 29.8 Å². The molecule has 0 aromatic heterocycles. The first kappa shape index (κ1) is 16.8. The van der Waals surface area contributed by atoms with E-state index in [1.807, 2.05) is 26.0 Å². The number of piperazine rings is 1. The van der Waals surface area contributed by atoms with Gasteiger partial charge in [0.2, 0.25) is 0 Å². The molecule has 1 heterocycles. The number of hydrogen-bond acceptors (Lipinski definition) is 3. The van der Waals surface area contributed by atoms with Crippen molar-refractivity contribution in [2.24, 2.45) is 0 Å². The molecule has 0 bridgehead atoms. The van der Waals surface area contributed by atoms with E-state index < -0.39 is 5.97 Å². The summed E-state index contributed by atoms with van der Waals surface area (Å²) in [5.41, 5.74) is 1.96. The lowest BCUT2D eigenvalue weighted by atomic mass is 9.81. The van der Waals surface area contributed by atoms with Gasteiger partial charge in [-0.05, 0) is 31.5 Å². The van der Waals surface area contributed by atoms with Crippen molar-refractivity contribution in [3.8, 4) is 0 Å². The molecule has 1 aliphatic heterocycles. The highest BCUT2D eigenvalue weighted by Gasteiger charge is 2.25. The number of carboxylic acids is 1. The van der Waals surface area contributed by atoms with E-state index in [1.54, 1.807) is 0 Å². The molecule has 22 heavy (non-hydrogen) atoms. The fourth-order valence-electron chi connectivity index (χ4n) is 3.10. The molecule has 0 radical (unpaired) electrons. The maximum absolute atomic E-state index is 11.1. The van der Waals surface area contributed by atoms with E-state index in [1.165, 1.54) is 5.69 Å². The van der Waals surface area contributed by atoms with Gasteiger partial charge in [-0.15, -0.1) is 0 Å². The number of nitrogens with zero attached hydrogens (tertiary/aromatic N) is 2. The maximum Gasteiger partial charge on any atom is 0.304 e. The number of carboxylic acid groups (broad SMARTS) is 1. The molecule has 0 amide bonds. The van der Waals surface area contributed by atoms with Crippen LogP contribution in [-0.4, -0.2) is 48.2 Å². The zero-order valence-electron chi connectivity index (χ0n) is 14.2. The summed E-state index contributed by atoms with van der Waals surface area (Å²) in [4.78, 5) is 16.0. The van der Waals surface area contributed by atoms with Gasteiger partial charge in [0.15, 0.2) is 0 Å². The van der Waals surface area contributed by atoms with Crippen molar-refractivity contribution in [1.29, 1.82) is 0 Å². The summed E-state index contributed by atoms with van der Waals surface area (Å²) < 4.78 is 0. The number of rotatable bonds is 5. The van der Waals surface area contributed by atoms with E-state index in [-0.39, 0.29) is 11.8 Å². The Balaban J connectivity index is 2.11. The number of aliphatic carboxylic acids is 1. The van der Waals surface area contributed by atoms with E-state index in [4.69, 9.17) is 5.11 Å². The van der Waals surface area contributed by atoms with Crippen molar-refractivity contribution >= 4 is 11.7 Å². The molecule has 122 valence electrons. The lowest BCUT2D eigenvalue weighted by Gasteiger charge is -2.38. The van der Waals surface area contributed by atoms with Crippen LogP contribution in [0.15, 0.2) is 24.3 Å². The van der Waals surface area contributed by atoms with Crippen molar-refractivity contribution in [2.75, 3.05) is 31.1 Å². The molecule has 4 heteroatoms. The summed E-state index contributed by atoms with van der Waals surface area (Å²) in [5, 5.41) is 9.09. The molecule has 1 aromatic rings. The van der Waals surface area contributed by atoms with Gasteiger partial charge in [-0.1, -0.05) is 26.0 Å². The summed E-state index contributed by atoms with van der Waals surface area (Å²) in [6, 6.07) is 8.97. The topological polar surface area (TPSA) is 43.8 Å². The lowest BCUT2D eigenvalue weighted by Crippen LogP contribution is -2.48. The summed E-state index contributed by atoms with van der Waals surface area (Å²) >= 11 is 0. The second kappa shape index (κ2) is 6.69. The Hall–Kier alpha value is -1.55. The van der Waals surface area contributed by atoms with Crippen LogP contribution in [0.25, 0.3) is 0 Å². The van der Waals surface area contributed by atoms with Crippen LogP contribution in [-0.2, 0) is 10.2 Å². The molecule has 0 spiro atoms. The van der Waals surface area contributed by atoms with Crippen molar-refractivity contribution < 1.29 is 9.90 Å². The molecule has 0 atom stereocenters. The maximum atomic E-state index is 11.1. The van der Waals surface area contributed by atoms with E-state index >= 15 is 0 Å². The minimum Gasteiger partial charge on any atom is -0.481 e. The van der Waals surface area contributed by atoms with Crippen molar-refractivity contribution in [2.45, 2.75) is 45.6 Å². The molecule has 1 aromatic carbocycles. The normalized spacial score (nSPS) is 17.0. The van der Waals surface area contributed by atoms with Gasteiger partial charge in [-0.2, -0.15) is 0 Å². The van der Waals surface area contributed by atoms with Crippen LogP contribution in [0.5, 0.6) is 0 Å². The van der Waals surface area contributed by atoms with Gasteiger partial charge < -0.3 is 10.0 Å². The summed E-state index contributed by atoms with van der Waals surface area (Å²) in [5.74, 6) is -0.749. The molecule has 4 nitrogen and oxygen atoms in total. The third-order valence-electron chi connectivity index (χ3n) is 4.63. The first-order chi connectivity index (χ1) is 10.3. The Kier molecular flexibility index (Phi) is 5.12. The molecule has 1 saturated heterocycles. The van der Waals surface area contributed by atoms with Crippen LogP contribution >= 0.6 is 0 Å². The van der Waals surface area contributed by atoms with Crippen LogP contribution in [0.3, 0.4) is 0 Å². The largest absolute Gasteiger partial charge is 0.481 e. The van der Waals surface area contributed by atoms with Gasteiger partial charge in [-0.3, -0.25) is 9.69 Å². The van der Waals surface area contributed by atoms with Crippen LogP contribution in [0, 0.1) is 0 Å². The number of hydrogen-bond donors (Lipinski definition) is 1. The second-order valence-corrected chi connectivity index (χ2v) is 7.12. The Morgan fingerprint density at radius 2 is 1.86 bits per heavy atom. The highest BCUT2D eigenvalue weighted by atomic mass is 16.4. The van der Waals surface area contributed by atoms with Gasteiger partial charge in [-0.25, -0.2) is 0 Å². The van der Waals surface area contributed by atoms with Gasteiger partial charge in [0, 0.05) is 43.3 Å². The molecule has 0 saturated carbocycles. The number of anilines is 1. The molecule has 1 N–H and O–H groups in total. The highest BCUT2D eigenvalue weighted by Crippen LogP contribution is 2.30. The standard InChI is InChI=1S/C18H28N2O2/c1-14(2)19-8-10-20(11-9-19)16-7-5-6-15(12-16)18(3,4)13-17(21)22/h5-7,12,14H,8-11,13H2,1-4H3,(H,21,22). The van der Waals surface area contributed by atoms with Gasteiger partial charge in [0.25, 0.3) is 0 Å². The van der Waals surface area contributed by atoms with E-state index in [2.05, 4.69) is 35.8 Å². The fraction of sp³-hybridized carbons (Fsp3) is 0.611. The predicted molar refractivity (Wildman–Crippen MR) is 90.6 cm³/mol. The molecule has 1 aliphatic rings. The van der Waals surface area contributed by atoms with Gasteiger partial charge in [0.05, 0.1) is 6.42 Å². The van der Waals surface area contributed by atoms with Crippen LogP contribution in [0.1, 0.15) is 39.7 Å². The first-order valence-electron chi connectivity index (χ1n) is 8.11. The Morgan fingerprint density at radius 3 is 2.41 bits per heavy atom. The number of benzene rings is 1. The summed E-state index contributed by atoms with van der Waals surface area (Å²) in [6.45, 7) is 12.7. The van der Waals surface area contributed by atoms with Crippen LogP contribution < -0.4 is 4.90 Å². The van der Waals surface area contributed by atoms with Crippen molar-refractivity contribution in [1.82, 2.24) is 4.90 Å². The third-order valence-corrected chi connectivity index (χ3v) is 4.63. The Morgan fingerprint density at radius 1 is 1.23 bits per heavy atom. The third kappa shape index (κ3) is 4.01. The molecule has 2 rings (SSSR count). The predicted octanol–water partition coefficient (Wildman–Crippen LogP) is 2.97. The van der Waals surface area contributed by atoms with Crippen LogP contribution in [0.2, 0.25) is 0 Å². The quantitative estimate of drug-likeness (QED) is 0.908. The van der Waals surface area contributed by atoms with E-state index in [0.717, 1.165) is 31.7 Å². The zero-order chi connectivity index (χ0) is 16.3. The SMILES string of the molecule is CC(C)N1CCN(c2cccc(C(C)(C)CC(=O)O)c2)CC1. The Labute approximate surface area is 133 Å². The first-order valence-corrected chi connectivity index (χ1v) is 8.11. The second-order valence-electron chi connectivity index (χ2n) is 7.12. The average Bonchev–Trinajstić information content (AvgIpc) is 2.46. The monoisotopic (exact) mass is 304 g/mol. The van der Waals surface area contributed by atoms with E-state index in [9.17, 15) is 4.79 Å². The van der Waals surface area contributed by atoms with Gasteiger partial charge in [0.1, 0.15) is 0 Å². The van der Waals surface area contributed by atoms with Crippen molar-refractivity contribution in [3.63, 3.8) is 0 Å². The summed E-state index contributed by atoms with van der Waals surface area (Å²) in [7, 11) is 0. The lowest BCUT2D eigenvalue weighted by molar-refractivity contribution is -0.138. The fourth-order valence-corrected chi connectivity index (χ4v) is 3.10. The molecule has 0 unspecified atom stereocenters. The molecular formula is C18H28N2O2. The highest BCUT2D eigenvalue weighted by molar-refractivity contribution is 5.69. The minimum atomic E-state index is -0.749. The molecule has 0 aliphatic carbocycles. The van der Waals surface area contributed by atoms with Gasteiger partial charge >= 0.3 is 5.97 Å². The molecule has 1 fully saturated rings. The van der Waals surface area contributed by atoms with E-state index in [0.29, 0.717) is 6.04 Å². The average molecular weight is 304 g/mol.